The fraction of sp³-hybridized carbons (Fsp3) is 0.429. The first kappa shape index (κ1) is 18.5. The van der Waals surface area contributed by atoms with Gasteiger partial charge < -0.3 is 19.3 Å². The Bertz CT molecular complexity index is 753. The van der Waals surface area contributed by atoms with Gasteiger partial charge in [-0.15, -0.1) is 0 Å². The number of hydrogen-bond acceptors (Lipinski definition) is 8. The largest absolute Gasteiger partial charge is 0.493 e. The zero-order valence-corrected chi connectivity index (χ0v) is 13.7. The molecule has 1 aromatic carbocycles. The molecule has 0 bridgehead atoms. The van der Waals surface area contributed by atoms with Gasteiger partial charge in [-0.05, 0) is 14.0 Å². The van der Waals surface area contributed by atoms with Gasteiger partial charge in [0.25, 0.3) is 11.6 Å². The van der Waals surface area contributed by atoms with Crippen molar-refractivity contribution in [2.45, 2.75) is 26.0 Å². The van der Waals surface area contributed by atoms with Gasteiger partial charge in [-0.3, -0.25) is 10.1 Å². The highest BCUT2D eigenvalue weighted by Crippen LogP contribution is 2.40. The molecule has 1 N–H and O–H groups in total. The Morgan fingerprint density at radius 3 is 2.68 bits per heavy atom. The number of rotatable bonds is 8. The smallest absolute Gasteiger partial charge is 0.387 e. The molecule has 25 heavy (non-hydrogen) atoms. The summed E-state index contributed by atoms with van der Waals surface area (Å²) in [6.45, 7) is -1.25. The summed E-state index contributed by atoms with van der Waals surface area (Å²) in [6, 6.07) is 2.05. The number of benzene rings is 1. The topological polar surface area (TPSA) is 113 Å². The normalized spacial score (nSPS) is 12.2. The van der Waals surface area contributed by atoms with Gasteiger partial charge in [-0.1, -0.05) is 5.16 Å². The molecule has 0 saturated carbocycles. The second kappa shape index (κ2) is 7.83. The number of methoxy groups -OCH3 is 1. The van der Waals surface area contributed by atoms with Gasteiger partial charge in [0.2, 0.25) is 0 Å². The fourth-order valence-electron chi connectivity index (χ4n) is 2.04. The average Bonchev–Trinajstić information content (AvgIpc) is 3.01. The van der Waals surface area contributed by atoms with E-state index < -0.39 is 23.0 Å². The van der Waals surface area contributed by atoms with Crippen molar-refractivity contribution >= 4 is 5.69 Å². The van der Waals surface area contributed by atoms with Crippen molar-refractivity contribution in [1.82, 2.24) is 15.5 Å². The maximum Gasteiger partial charge on any atom is 0.387 e. The quantitative estimate of drug-likeness (QED) is 0.565. The van der Waals surface area contributed by atoms with E-state index in [1.165, 1.54) is 7.11 Å². The molecule has 1 heterocycles. The zero-order valence-electron chi connectivity index (χ0n) is 13.7. The minimum atomic E-state index is -3.16. The summed E-state index contributed by atoms with van der Waals surface area (Å²) in [5.41, 5.74) is -0.576. The first-order valence-corrected chi connectivity index (χ1v) is 7.17. The van der Waals surface area contributed by atoms with Crippen LogP contribution >= 0.6 is 0 Å². The third-order valence-electron chi connectivity index (χ3n) is 3.37. The van der Waals surface area contributed by atoms with Gasteiger partial charge in [0.15, 0.2) is 17.3 Å². The predicted octanol–water partition coefficient (Wildman–Crippen LogP) is 2.41. The Morgan fingerprint density at radius 1 is 1.40 bits per heavy atom. The molecule has 0 aliphatic carbocycles. The maximum atomic E-state index is 12.5. The molecule has 1 atom stereocenters. The Hall–Kier alpha value is -2.82. The van der Waals surface area contributed by atoms with Gasteiger partial charge in [-0.25, -0.2) is 0 Å². The Balaban J connectivity index is 2.47. The van der Waals surface area contributed by atoms with Crippen LogP contribution < -0.4 is 14.8 Å². The molecule has 9 nitrogen and oxygen atoms in total. The second-order valence-corrected chi connectivity index (χ2v) is 5.07. The van der Waals surface area contributed by atoms with Gasteiger partial charge in [0.1, 0.15) is 5.56 Å². The summed E-state index contributed by atoms with van der Waals surface area (Å²) in [5.74, 6) is -0.356. The molecule has 1 unspecified atom stereocenters. The highest BCUT2D eigenvalue weighted by molar-refractivity contribution is 5.72. The first-order valence-electron chi connectivity index (χ1n) is 7.17. The van der Waals surface area contributed by atoms with Crippen molar-refractivity contribution in [2.75, 3.05) is 14.2 Å². The third-order valence-corrected chi connectivity index (χ3v) is 3.37. The molecule has 2 rings (SSSR count). The molecular weight excluding hydrogens is 342 g/mol. The Kier molecular flexibility index (Phi) is 5.80. The summed E-state index contributed by atoms with van der Waals surface area (Å²) >= 11 is 0. The lowest BCUT2D eigenvalue weighted by Gasteiger charge is -2.10. The molecule has 0 aliphatic heterocycles. The minimum absolute atomic E-state index is 0.0562. The molecule has 2 aromatic rings. The maximum absolute atomic E-state index is 12.5. The molecule has 11 heteroatoms. The van der Waals surface area contributed by atoms with E-state index in [1.54, 1.807) is 7.05 Å². The third kappa shape index (κ3) is 4.38. The fourth-order valence-corrected chi connectivity index (χ4v) is 2.04. The van der Waals surface area contributed by atoms with Crippen molar-refractivity contribution in [3.05, 3.63) is 28.1 Å². The Labute approximate surface area is 141 Å². The molecule has 0 radical (unpaired) electrons. The number of alkyl halides is 2. The number of likely N-dealkylation sites (N-methyl/N-ethyl adjacent to an activating group) is 1. The van der Waals surface area contributed by atoms with Crippen molar-refractivity contribution in [3.63, 3.8) is 0 Å². The van der Waals surface area contributed by atoms with E-state index in [4.69, 9.17) is 9.26 Å². The Morgan fingerprint density at radius 2 is 2.12 bits per heavy atom. The number of ether oxygens (including phenoxy) is 2. The van der Waals surface area contributed by atoms with Crippen molar-refractivity contribution in [2.24, 2.45) is 0 Å². The monoisotopic (exact) mass is 358 g/mol. The number of nitro groups is 1. The lowest BCUT2D eigenvalue weighted by atomic mass is 10.1. The van der Waals surface area contributed by atoms with Crippen LogP contribution in [-0.2, 0) is 6.42 Å². The minimum Gasteiger partial charge on any atom is -0.493 e. The van der Waals surface area contributed by atoms with Gasteiger partial charge >= 0.3 is 6.61 Å². The number of nitrogens with one attached hydrogen (secondary N) is 1. The van der Waals surface area contributed by atoms with Crippen molar-refractivity contribution in [1.29, 1.82) is 0 Å². The predicted molar refractivity (Wildman–Crippen MR) is 81.8 cm³/mol. The van der Waals surface area contributed by atoms with Crippen LogP contribution in [0.5, 0.6) is 11.5 Å². The lowest BCUT2D eigenvalue weighted by Crippen LogP contribution is -2.24. The van der Waals surface area contributed by atoms with E-state index >= 15 is 0 Å². The van der Waals surface area contributed by atoms with Crippen molar-refractivity contribution < 1.29 is 27.7 Å². The summed E-state index contributed by atoms with van der Waals surface area (Å²) < 4.78 is 39.2. The SMILES string of the molecule is CNC(C)Cc1noc(-c2cc(OC)c(OC(F)F)cc2[N+](=O)[O-])n1. The van der Waals surface area contributed by atoms with Crippen LogP contribution in [0.3, 0.4) is 0 Å². The van der Waals surface area contributed by atoms with Crippen LogP contribution in [0.4, 0.5) is 14.5 Å². The number of aromatic nitrogens is 2. The molecule has 0 amide bonds. The first-order chi connectivity index (χ1) is 11.8. The van der Waals surface area contributed by atoms with E-state index in [0.717, 1.165) is 12.1 Å². The highest BCUT2D eigenvalue weighted by atomic mass is 19.3. The van der Waals surface area contributed by atoms with Crippen LogP contribution in [0, 0.1) is 10.1 Å². The summed E-state index contributed by atoms with van der Waals surface area (Å²) in [6.07, 6.45) is 0.442. The van der Waals surface area contributed by atoms with Crippen LogP contribution in [0.1, 0.15) is 12.7 Å². The van der Waals surface area contributed by atoms with E-state index in [9.17, 15) is 18.9 Å². The standard InChI is InChI=1S/C14H16F2N4O5/c1-7(17-2)4-12-18-13(25-19-12)8-5-10(23-3)11(24-14(15)16)6-9(8)20(21)22/h5-7,14,17H,4H2,1-3H3. The van der Waals surface area contributed by atoms with Crippen LogP contribution in [0.15, 0.2) is 16.7 Å². The van der Waals surface area contributed by atoms with E-state index in [-0.39, 0.29) is 23.2 Å². The lowest BCUT2D eigenvalue weighted by molar-refractivity contribution is -0.384. The number of nitrogens with zero attached hydrogens (tertiary/aromatic N) is 3. The second-order valence-electron chi connectivity index (χ2n) is 5.07. The average molecular weight is 358 g/mol. The molecule has 0 spiro atoms. The molecular formula is C14H16F2N4O5. The molecule has 1 aromatic heterocycles. The molecule has 136 valence electrons. The molecule has 0 saturated heterocycles. The van der Waals surface area contributed by atoms with Crippen LogP contribution in [-0.4, -0.2) is 41.9 Å². The van der Waals surface area contributed by atoms with Crippen LogP contribution in [0.2, 0.25) is 0 Å². The number of halogens is 2. The van der Waals surface area contributed by atoms with Gasteiger partial charge in [0.05, 0.1) is 18.1 Å². The number of nitro benzene ring substituents is 1. The van der Waals surface area contributed by atoms with E-state index in [2.05, 4.69) is 20.2 Å². The van der Waals surface area contributed by atoms with Gasteiger partial charge in [-0.2, -0.15) is 13.8 Å². The number of hydrogen-bond donors (Lipinski definition) is 1. The summed E-state index contributed by atoms with van der Waals surface area (Å²) in [7, 11) is 2.99. The summed E-state index contributed by atoms with van der Waals surface area (Å²) in [4.78, 5) is 14.6. The highest BCUT2D eigenvalue weighted by Gasteiger charge is 2.26. The van der Waals surface area contributed by atoms with Gasteiger partial charge in [0, 0.05) is 18.5 Å². The molecule has 0 aliphatic rings. The van der Waals surface area contributed by atoms with E-state index in [1.807, 2.05) is 6.92 Å². The zero-order chi connectivity index (χ0) is 18.6. The van der Waals surface area contributed by atoms with Crippen molar-refractivity contribution in [3.8, 4) is 23.0 Å². The molecule has 0 fully saturated rings. The van der Waals surface area contributed by atoms with E-state index in [0.29, 0.717) is 12.2 Å². The summed E-state index contributed by atoms with van der Waals surface area (Å²) in [5, 5.41) is 18.1. The van der Waals surface area contributed by atoms with Crippen LogP contribution in [0.25, 0.3) is 11.5 Å².